The molecule has 2 aromatic carbocycles. The lowest BCUT2D eigenvalue weighted by molar-refractivity contribution is -0.387. The maximum absolute atomic E-state index is 14.9. The lowest BCUT2D eigenvalue weighted by Crippen LogP contribution is -2.36. The van der Waals surface area contributed by atoms with Crippen molar-refractivity contribution in [2.75, 3.05) is 0 Å². The van der Waals surface area contributed by atoms with Crippen LogP contribution in [0.1, 0.15) is 16.9 Å². The van der Waals surface area contributed by atoms with E-state index in [9.17, 15) is 23.7 Å². The molecule has 2 aliphatic heterocycles. The fourth-order valence-electron chi connectivity index (χ4n) is 3.64. The van der Waals surface area contributed by atoms with Crippen LogP contribution in [0, 0.1) is 21.7 Å². The number of amidine groups is 1. The van der Waals surface area contributed by atoms with E-state index in [0.717, 1.165) is 6.07 Å². The quantitative estimate of drug-likeness (QED) is 0.312. The third kappa shape index (κ3) is 3.71. The fraction of sp³-hybridized carbons (Fsp3) is 0.0417. The van der Waals surface area contributed by atoms with E-state index in [1.807, 2.05) is 0 Å². The molecule has 0 bridgehead atoms. The van der Waals surface area contributed by atoms with E-state index >= 15 is 0 Å². The minimum absolute atomic E-state index is 0.0286. The van der Waals surface area contributed by atoms with Crippen molar-refractivity contribution in [3.05, 3.63) is 111 Å². The number of benzene rings is 2. The van der Waals surface area contributed by atoms with Crippen LogP contribution < -0.4 is 0 Å². The van der Waals surface area contributed by atoms with Crippen LogP contribution in [0.2, 0.25) is 0 Å². The Kier molecular flexibility index (Phi) is 5.17. The van der Waals surface area contributed by atoms with Crippen molar-refractivity contribution in [1.82, 2.24) is 4.90 Å². The van der Waals surface area contributed by atoms with Gasteiger partial charge in [0, 0.05) is 30.3 Å². The largest absolute Gasteiger partial charge is 0.465 e. The molecule has 0 N–H and O–H groups in total. The molecule has 1 aromatic heterocycles. The Morgan fingerprint density at radius 2 is 1.88 bits per heavy atom. The predicted molar refractivity (Wildman–Crippen MR) is 120 cm³/mol. The standard InChI is InChI=1S/C24H14F2N4O4/c25-17-8-2-1-5-14(17)11-18-23-28-19(12-15-6-4-10-34-15)24(31)29(23)13-20(27-18)16-7-3-9-21(22(16)26)30(32)33/h1-10,12-13H,11H2. The molecular formula is C24H14F2N4O4. The number of halogens is 2. The van der Waals surface area contributed by atoms with Crippen molar-refractivity contribution in [1.29, 1.82) is 0 Å². The first kappa shape index (κ1) is 21.1. The number of aliphatic imine (C=N–C) groups is 2. The maximum atomic E-state index is 14.9. The second-order valence-corrected chi connectivity index (χ2v) is 7.39. The molecule has 3 heterocycles. The number of hydrogen-bond acceptors (Lipinski definition) is 6. The third-order valence-electron chi connectivity index (χ3n) is 5.25. The summed E-state index contributed by atoms with van der Waals surface area (Å²) in [5, 5.41) is 11.2. The first-order chi connectivity index (χ1) is 16.4. The summed E-state index contributed by atoms with van der Waals surface area (Å²) in [5.74, 6) is -1.55. The monoisotopic (exact) mass is 460 g/mol. The zero-order valence-electron chi connectivity index (χ0n) is 17.3. The highest BCUT2D eigenvalue weighted by molar-refractivity contribution is 6.48. The number of fused-ring (bicyclic) bond motifs is 1. The molecule has 0 saturated carbocycles. The van der Waals surface area contributed by atoms with Gasteiger partial charge in [-0.25, -0.2) is 14.4 Å². The van der Waals surface area contributed by atoms with Crippen molar-refractivity contribution in [3.8, 4) is 0 Å². The summed E-state index contributed by atoms with van der Waals surface area (Å²) in [6.45, 7) is 0. The molecule has 0 saturated heterocycles. The number of furan rings is 1. The molecule has 3 aromatic rings. The molecule has 34 heavy (non-hydrogen) atoms. The molecule has 10 heteroatoms. The van der Waals surface area contributed by atoms with E-state index in [1.54, 1.807) is 30.3 Å². The lowest BCUT2D eigenvalue weighted by Gasteiger charge is -2.22. The molecule has 168 valence electrons. The van der Waals surface area contributed by atoms with E-state index < -0.39 is 28.2 Å². The Labute approximate surface area is 191 Å². The highest BCUT2D eigenvalue weighted by atomic mass is 19.1. The Morgan fingerprint density at radius 1 is 1.06 bits per heavy atom. The summed E-state index contributed by atoms with van der Waals surface area (Å²) in [4.78, 5) is 33.4. The smallest absolute Gasteiger partial charge is 0.305 e. The summed E-state index contributed by atoms with van der Waals surface area (Å²) in [5.41, 5.74) is -0.391. The van der Waals surface area contributed by atoms with Gasteiger partial charge in [-0.05, 0) is 29.8 Å². The SMILES string of the molecule is O=C1C(=Cc2ccco2)N=C2C(Cc3ccccc3F)=NC(c3cccc([N+](=O)[O-])c3F)=CN12. The van der Waals surface area contributed by atoms with Crippen LogP contribution >= 0.6 is 0 Å². The molecule has 0 atom stereocenters. The normalized spacial score (nSPS) is 16.3. The zero-order valence-corrected chi connectivity index (χ0v) is 17.3. The Balaban J connectivity index is 1.64. The van der Waals surface area contributed by atoms with Gasteiger partial charge >= 0.3 is 5.69 Å². The molecule has 1 amide bonds. The van der Waals surface area contributed by atoms with E-state index in [1.165, 1.54) is 41.6 Å². The molecule has 0 radical (unpaired) electrons. The Bertz CT molecular complexity index is 1460. The molecular weight excluding hydrogens is 446 g/mol. The number of carbonyl (C=O) groups excluding carboxylic acids is 1. The summed E-state index contributed by atoms with van der Waals surface area (Å²) in [7, 11) is 0. The topological polar surface area (TPSA) is 101 Å². The zero-order chi connectivity index (χ0) is 23.8. The number of nitro benzene ring substituents is 1. The minimum atomic E-state index is -1.09. The summed E-state index contributed by atoms with van der Waals surface area (Å²) in [6.07, 6.45) is 4.10. The second kappa shape index (κ2) is 8.32. The highest BCUT2D eigenvalue weighted by Gasteiger charge is 2.36. The Hall–Kier alpha value is -4.73. The van der Waals surface area contributed by atoms with Gasteiger partial charge in [-0.15, -0.1) is 0 Å². The van der Waals surface area contributed by atoms with Gasteiger partial charge < -0.3 is 4.42 Å². The van der Waals surface area contributed by atoms with E-state index in [4.69, 9.17) is 4.42 Å². The molecule has 5 rings (SSSR count). The molecule has 2 aliphatic rings. The van der Waals surface area contributed by atoms with Gasteiger partial charge in [0.15, 0.2) is 5.84 Å². The van der Waals surface area contributed by atoms with Crippen LogP contribution in [0.5, 0.6) is 0 Å². The van der Waals surface area contributed by atoms with Gasteiger partial charge in [-0.3, -0.25) is 19.8 Å². The van der Waals surface area contributed by atoms with Crippen molar-refractivity contribution in [2.45, 2.75) is 6.42 Å². The molecule has 8 nitrogen and oxygen atoms in total. The number of carbonyl (C=O) groups is 1. The van der Waals surface area contributed by atoms with Crippen LogP contribution in [0.4, 0.5) is 14.5 Å². The molecule has 0 aliphatic carbocycles. The number of hydrogen-bond donors (Lipinski definition) is 0. The Morgan fingerprint density at radius 3 is 2.62 bits per heavy atom. The lowest BCUT2D eigenvalue weighted by atomic mass is 10.0. The second-order valence-electron chi connectivity index (χ2n) is 7.39. The molecule has 0 spiro atoms. The van der Waals surface area contributed by atoms with Gasteiger partial charge in [0.25, 0.3) is 5.91 Å². The number of nitro groups is 1. The summed E-state index contributed by atoms with van der Waals surface area (Å²) in [6, 6.07) is 13.0. The number of amides is 1. The summed E-state index contributed by atoms with van der Waals surface area (Å²) < 4.78 is 34.5. The average Bonchev–Trinajstić information content (AvgIpc) is 3.44. The van der Waals surface area contributed by atoms with Gasteiger partial charge in [0.2, 0.25) is 5.82 Å². The molecule has 0 unspecified atom stereocenters. The van der Waals surface area contributed by atoms with Gasteiger partial charge in [0.05, 0.1) is 22.6 Å². The van der Waals surface area contributed by atoms with Crippen molar-refractivity contribution < 1.29 is 22.9 Å². The number of nitrogens with zero attached hydrogens (tertiary/aromatic N) is 4. The van der Waals surface area contributed by atoms with Crippen LogP contribution in [0.3, 0.4) is 0 Å². The predicted octanol–water partition coefficient (Wildman–Crippen LogP) is 4.74. The van der Waals surface area contributed by atoms with Crippen LogP contribution in [0.25, 0.3) is 11.8 Å². The summed E-state index contributed by atoms with van der Waals surface area (Å²) >= 11 is 0. The van der Waals surface area contributed by atoms with Crippen LogP contribution in [-0.4, -0.2) is 27.3 Å². The number of rotatable bonds is 5. The third-order valence-corrected chi connectivity index (χ3v) is 5.25. The van der Waals surface area contributed by atoms with Crippen molar-refractivity contribution in [2.24, 2.45) is 9.98 Å². The van der Waals surface area contributed by atoms with Crippen molar-refractivity contribution >= 4 is 34.9 Å². The minimum Gasteiger partial charge on any atom is -0.465 e. The highest BCUT2D eigenvalue weighted by Crippen LogP contribution is 2.32. The van der Waals surface area contributed by atoms with Crippen LogP contribution in [-0.2, 0) is 11.2 Å². The fourth-order valence-corrected chi connectivity index (χ4v) is 3.64. The maximum Gasteiger partial charge on any atom is 0.305 e. The molecule has 0 fully saturated rings. The average molecular weight is 460 g/mol. The van der Waals surface area contributed by atoms with Gasteiger partial charge in [0.1, 0.15) is 17.3 Å². The van der Waals surface area contributed by atoms with E-state index in [-0.39, 0.29) is 34.9 Å². The van der Waals surface area contributed by atoms with Crippen LogP contribution in [0.15, 0.2) is 87.2 Å². The van der Waals surface area contributed by atoms with E-state index in [0.29, 0.717) is 11.3 Å². The van der Waals surface area contributed by atoms with Gasteiger partial charge in [-0.2, -0.15) is 4.39 Å². The first-order valence-corrected chi connectivity index (χ1v) is 10.1. The van der Waals surface area contributed by atoms with E-state index in [2.05, 4.69) is 9.98 Å². The van der Waals surface area contributed by atoms with Gasteiger partial charge in [-0.1, -0.05) is 24.3 Å². The van der Waals surface area contributed by atoms with Crippen molar-refractivity contribution in [3.63, 3.8) is 0 Å². The first-order valence-electron chi connectivity index (χ1n) is 10.1.